The molecule has 4 heteroatoms. The molecular formula is C18H16N2O2. The normalized spacial score (nSPS) is 13.1. The Bertz CT molecular complexity index is 720. The number of esters is 1. The lowest BCUT2D eigenvalue weighted by molar-refractivity contribution is 0.0473. The molecule has 4 nitrogen and oxygen atoms in total. The van der Waals surface area contributed by atoms with Gasteiger partial charge in [-0.2, -0.15) is 5.26 Å². The molecule has 110 valence electrons. The summed E-state index contributed by atoms with van der Waals surface area (Å²) in [6.07, 6.45) is 3.96. The molecule has 0 spiro atoms. The molecule has 0 unspecified atom stereocenters. The minimum Gasteiger partial charge on any atom is -0.457 e. The number of ether oxygens (including phenoxy) is 1. The third kappa shape index (κ3) is 2.79. The van der Waals surface area contributed by atoms with Crippen LogP contribution < -0.4 is 4.90 Å². The van der Waals surface area contributed by atoms with Gasteiger partial charge >= 0.3 is 5.97 Å². The van der Waals surface area contributed by atoms with E-state index in [2.05, 4.69) is 6.19 Å². The van der Waals surface area contributed by atoms with Gasteiger partial charge < -0.3 is 4.74 Å². The van der Waals surface area contributed by atoms with Crippen LogP contribution in [0, 0.1) is 11.5 Å². The summed E-state index contributed by atoms with van der Waals surface area (Å²) in [7, 11) is 0. The Morgan fingerprint density at radius 3 is 2.77 bits per heavy atom. The third-order valence-electron chi connectivity index (χ3n) is 3.77. The van der Waals surface area contributed by atoms with Crippen molar-refractivity contribution in [3.05, 3.63) is 65.2 Å². The van der Waals surface area contributed by atoms with E-state index in [9.17, 15) is 10.1 Å². The Labute approximate surface area is 129 Å². The maximum absolute atomic E-state index is 12.4. The molecule has 1 aliphatic rings. The highest BCUT2D eigenvalue weighted by molar-refractivity contribution is 5.97. The molecule has 3 rings (SSSR count). The minimum absolute atomic E-state index is 0.232. The van der Waals surface area contributed by atoms with Crippen LogP contribution >= 0.6 is 0 Å². The monoisotopic (exact) mass is 292 g/mol. The van der Waals surface area contributed by atoms with Gasteiger partial charge in [-0.3, -0.25) is 4.90 Å². The summed E-state index contributed by atoms with van der Waals surface area (Å²) in [6, 6.07) is 15.1. The van der Waals surface area contributed by atoms with Crippen molar-refractivity contribution in [3.63, 3.8) is 0 Å². The predicted molar refractivity (Wildman–Crippen MR) is 83.3 cm³/mol. The molecule has 0 bridgehead atoms. The molecule has 2 aromatic rings. The van der Waals surface area contributed by atoms with Gasteiger partial charge in [-0.05, 0) is 30.0 Å². The number of hydrogen-bond donors (Lipinski definition) is 0. The first-order valence-electron chi connectivity index (χ1n) is 7.30. The summed E-state index contributed by atoms with van der Waals surface area (Å²) in [5.74, 6) is -0.386. The van der Waals surface area contributed by atoms with Crippen molar-refractivity contribution in [1.82, 2.24) is 0 Å². The van der Waals surface area contributed by atoms with Gasteiger partial charge in [0, 0.05) is 6.54 Å². The molecular weight excluding hydrogens is 276 g/mol. The van der Waals surface area contributed by atoms with Crippen LogP contribution in [0.25, 0.3) is 0 Å². The van der Waals surface area contributed by atoms with E-state index in [-0.39, 0.29) is 12.6 Å². The average Bonchev–Trinajstić information content (AvgIpc) is 2.59. The Morgan fingerprint density at radius 1 is 1.18 bits per heavy atom. The maximum Gasteiger partial charge on any atom is 0.340 e. The first kappa shape index (κ1) is 14.2. The quantitative estimate of drug-likeness (QED) is 0.643. The van der Waals surface area contributed by atoms with Gasteiger partial charge in [-0.25, -0.2) is 4.79 Å². The van der Waals surface area contributed by atoms with E-state index in [1.807, 2.05) is 42.5 Å². The van der Waals surface area contributed by atoms with Crippen LogP contribution in [0.15, 0.2) is 48.5 Å². The molecule has 0 atom stereocenters. The van der Waals surface area contributed by atoms with Crippen molar-refractivity contribution in [1.29, 1.82) is 5.26 Å². The fourth-order valence-corrected chi connectivity index (χ4v) is 2.72. The lowest BCUT2D eigenvalue weighted by atomic mass is 9.98. The summed E-state index contributed by atoms with van der Waals surface area (Å²) in [5, 5.41) is 9.28. The summed E-state index contributed by atoms with van der Waals surface area (Å²) in [4.78, 5) is 14.0. The molecule has 0 N–H and O–H groups in total. The van der Waals surface area contributed by atoms with Gasteiger partial charge in [-0.15, -0.1) is 0 Å². The maximum atomic E-state index is 12.4. The second kappa shape index (κ2) is 6.31. The highest BCUT2D eigenvalue weighted by Gasteiger charge is 2.24. The number of rotatable bonds is 3. The highest BCUT2D eigenvalue weighted by Crippen LogP contribution is 2.31. The molecule has 0 fully saturated rings. The number of anilines is 1. The largest absolute Gasteiger partial charge is 0.457 e. The summed E-state index contributed by atoms with van der Waals surface area (Å²) in [6.45, 7) is 0.877. The fraction of sp³-hybridized carbons (Fsp3) is 0.222. The standard InChI is InChI=1S/C18H16N2O2/c19-13-20-11-5-9-15-8-4-10-16(17(15)20)18(21)22-12-14-6-2-1-3-7-14/h1-4,6-8,10H,5,9,11-12H2. The molecule has 1 heterocycles. The van der Waals surface area contributed by atoms with Crippen molar-refractivity contribution < 1.29 is 9.53 Å². The molecule has 1 aliphatic heterocycles. The van der Waals surface area contributed by atoms with Crippen LogP contribution in [0.2, 0.25) is 0 Å². The molecule has 0 aromatic heterocycles. The minimum atomic E-state index is -0.386. The summed E-state index contributed by atoms with van der Waals surface area (Å²) >= 11 is 0. The number of hydrogen-bond acceptors (Lipinski definition) is 4. The van der Waals surface area contributed by atoms with E-state index in [1.54, 1.807) is 11.0 Å². The second-order valence-electron chi connectivity index (χ2n) is 5.23. The van der Waals surface area contributed by atoms with Crippen LogP contribution in [0.5, 0.6) is 0 Å². The van der Waals surface area contributed by atoms with E-state index in [1.165, 1.54) is 0 Å². The molecule has 2 aromatic carbocycles. The number of para-hydroxylation sites is 1. The van der Waals surface area contributed by atoms with Crippen LogP contribution in [0.1, 0.15) is 27.9 Å². The van der Waals surface area contributed by atoms with E-state index in [0.717, 1.165) is 24.0 Å². The Hall–Kier alpha value is -2.80. The smallest absolute Gasteiger partial charge is 0.340 e. The Kier molecular flexibility index (Phi) is 4.06. The predicted octanol–water partition coefficient (Wildman–Crippen LogP) is 3.28. The fourth-order valence-electron chi connectivity index (χ4n) is 2.72. The Morgan fingerprint density at radius 2 is 2.00 bits per heavy atom. The van der Waals surface area contributed by atoms with Gasteiger partial charge in [0.2, 0.25) is 0 Å². The zero-order chi connectivity index (χ0) is 15.4. The number of aryl methyl sites for hydroxylation is 1. The lowest BCUT2D eigenvalue weighted by Crippen LogP contribution is -2.26. The first-order valence-corrected chi connectivity index (χ1v) is 7.30. The Balaban J connectivity index is 1.83. The SMILES string of the molecule is N#CN1CCCc2cccc(C(=O)OCc3ccccc3)c21. The van der Waals surface area contributed by atoms with Crippen molar-refractivity contribution >= 4 is 11.7 Å². The van der Waals surface area contributed by atoms with Crippen LogP contribution in [0.4, 0.5) is 5.69 Å². The molecule has 0 radical (unpaired) electrons. The summed E-state index contributed by atoms with van der Waals surface area (Å²) in [5.41, 5.74) is 3.14. The molecule has 0 saturated heterocycles. The van der Waals surface area contributed by atoms with E-state index in [4.69, 9.17) is 4.74 Å². The average molecular weight is 292 g/mol. The van der Waals surface area contributed by atoms with Crippen LogP contribution in [-0.2, 0) is 17.8 Å². The number of benzene rings is 2. The topological polar surface area (TPSA) is 53.3 Å². The summed E-state index contributed by atoms with van der Waals surface area (Å²) < 4.78 is 5.40. The number of fused-ring (bicyclic) bond motifs is 1. The van der Waals surface area contributed by atoms with Crippen molar-refractivity contribution in [2.75, 3.05) is 11.4 Å². The van der Waals surface area contributed by atoms with Crippen LogP contribution in [-0.4, -0.2) is 12.5 Å². The van der Waals surface area contributed by atoms with Gasteiger partial charge in [-0.1, -0.05) is 42.5 Å². The van der Waals surface area contributed by atoms with Gasteiger partial charge in [0.05, 0.1) is 11.3 Å². The van der Waals surface area contributed by atoms with Gasteiger partial charge in [0.25, 0.3) is 0 Å². The van der Waals surface area contributed by atoms with E-state index >= 15 is 0 Å². The molecule has 0 saturated carbocycles. The number of carbonyl (C=O) groups excluding carboxylic acids is 1. The lowest BCUT2D eigenvalue weighted by Gasteiger charge is -2.26. The number of nitrogens with zero attached hydrogens (tertiary/aromatic N) is 2. The molecule has 0 aliphatic carbocycles. The van der Waals surface area contributed by atoms with Crippen molar-refractivity contribution in [3.8, 4) is 6.19 Å². The van der Waals surface area contributed by atoms with Gasteiger partial charge in [0.1, 0.15) is 6.61 Å². The van der Waals surface area contributed by atoms with Crippen molar-refractivity contribution in [2.24, 2.45) is 0 Å². The third-order valence-corrected chi connectivity index (χ3v) is 3.77. The molecule has 22 heavy (non-hydrogen) atoms. The van der Waals surface area contributed by atoms with Gasteiger partial charge in [0.15, 0.2) is 6.19 Å². The molecule has 0 amide bonds. The van der Waals surface area contributed by atoms with E-state index in [0.29, 0.717) is 17.8 Å². The van der Waals surface area contributed by atoms with Crippen LogP contribution in [0.3, 0.4) is 0 Å². The zero-order valence-corrected chi connectivity index (χ0v) is 12.2. The van der Waals surface area contributed by atoms with Crippen molar-refractivity contribution in [2.45, 2.75) is 19.4 Å². The first-order chi connectivity index (χ1) is 10.8. The highest BCUT2D eigenvalue weighted by atomic mass is 16.5. The zero-order valence-electron chi connectivity index (χ0n) is 12.2. The second-order valence-corrected chi connectivity index (χ2v) is 5.23. The van der Waals surface area contributed by atoms with E-state index < -0.39 is 0 Å². The number of carbonyl (C=O) groups is 1. The number of nitriles is 1.